The molecule has 2 atom stereocenters. The number of guanidine groups is 1. The molecule has 28 heavy (non-hydrogen) atoms. The third-order valence-corrected chi connectivity index (χ3v) is 4.81. The summed E-state index contributed by atoms with van der Waals surface area (Å²) in [5.41, 5.74) is 0.505. The second kappa shape index (κ2) is 13.5. The summed E-state index contributed by atoms with van der Waals surface area (Å²) in [7, 11) is 1.71. The Morgan fingerprint density at radius 2 is 2.25 bits per heavy atom. The van der Waals surface area contributed by atoms with Gasteiger partial charge < -0.3 is 20.1 Å². The Kier molecular flexibility index (Phi) is 12.2. The number of nitrogens with zero attached hydrogens (tertiary/aromatic N) is 2. The van der Waals surface area contributed by atoms with E-state index in [1.165, 1.54) is 6.07 Å². The van der Waals surface area contributed by atoms with E-state index in [0.717, 1.165) is 6.54 Å². The lowest BCUT2D eigenvalue weighted by atomic mass is 10.0. The third kappa shape index (κ3) is 7.62. The first-order chi connectivity index (χ1) is 13.1. The van der Waals surface area contributed by atoms with Gasteiger partial charge in [0.1, 0.15) is 5.82 Å². The lowest BCUT2D eigenvalue weighted by molar-refractivity contribution is -0.0343. The molecule has 1 aromatic carbocycles. The van der Waals surface area contributed by atoms with Crippen LogP contribution in [0.15, 0.2) is 23.2 Å². The van der Waals surface area contributed by atoms with Crippen LogP contribution in [0.25, 0.3) is 0 Å². The van der Waals surface area contributed by atoms with Gasteiger partial charge in [-0.05, 0) is 26.0 Å². The zero-order valence-electron chi connectivity index (χ0n) is 16.7. The predicted octanol–water partition coefficient (Wildman–Crippen LogP) is 3.06. The normalized spacial score (nSPS) is 19.0. The van der Waals surface area contributed by atoms with Gasteiger partial charge in [0.15, 0.2) is 5.96 Å². The first-order valence-corrected chi connectivity index (χ1v) is 9.76. The van der Waals surface area contributed by atoms with Crippen LogP contribution in [-0.4, -0.2) is 70.0 Å². The van der Waals surface area contributed by atoms with Gasteiger partial charge in [-0.25, -0.2) is 4.39 Å². The van der Waals surface area contributed by atoms with Crippen LogP contribution in [0.4, 0.5) is 4.39 Å². The molecule has 6 nitrogen and oxygen atoms in total. The number of rotatable bonds is 8. The molecule has 1 heterocycles. The fourth-order valence-electron chi connectivity index (χ4n) is 3.17. The van der Waals surface area contributed by atoms with Crippen LogP contribution < -0.4 is 10.6 Å². The summed E-state index contributed by atoms with van der Waals surface area (Å²) < 4.78 is 25.6. The van der Waals surface area contributed by atoms with E-state index in [-0.39, 0.29) is 41.9 Å². The van der Waals surface area contributed by atoms with Crippen LogP contribution in [0, 0.1) is 5.82 Å². The molecule has 1 aliphatic rings. The summed E-state index contributed by atoms with van der Waals surface area (Å²) in [6.07, 6.45) is 0.0930. The first kappa shape index (κ1) is 25.4. The molecule has 1 aliphatic heterocycles. The van der Waals surface area contributed by atoms with Crippen molar-refractivity contribution in [3.8, 4) is 0 Å². The predicted molar refractivity (Wildman–Crippen MR) is 122 cm³/mol. The first-order valence-electron chi connectivity index (χ1n) is 9.38. The molecule has 9 heteroatoms. The quantitative estimate of drug-likeness (QED) is 0.235. The lowest BCUT2D eigenvalue weighted by Gasteiger charge is -2.38. The molecule has 2 rings (SSSR count). The summed E-state index contributed by atoms with van der Waals surface area (Å²) in [5.74, 6) is 0.348. The Labute approximate surface area is 189 Å². The minimum Gasteiger partial charge on any atom is -0.380 e. The Morgan fingerprint density at radius 3 is 2.89 bits per heavy atom. The number of nitrogens with one attached hydrogen (secondary N) is 2. The van der Waals surface area contributed by atoms with Gasteiger partial charge >= 0.3 is 0 Å². The van der Waals surface area contributed by atoms with Crippen LogP contribution in [0.5, 0.6) is 0 Å². The van der Waals surface area contributed by atoms with Crippen molar-refractivity contribution in [3.05, 3.63) is 34.6 Å². The Bertz CT molecular complexity index is 603. The van der Waals surface area contributed by atoms with Crippen LogP contribution in [-0.2, 0) is 9.47 Å². The highest BCUT2D eigenvalue weighted by Gasteiger charge is 2.29. The molecule has 1 aromatic rings. The lowest BCUT2D eigenvalue weighted by Crippen LogP contribution is -2.48. The van der Waals surface area contributed by atoms with Gasteiger partial charge in [-0.3, -0.25) is 9.89 Å². The van der Waals surface area contributed by atoms with Crippen molar-refractivity contribution in [3.63, 3.8) is 0 Å². The molecule has 0 aliphatic carbocycles. The smallest absolute Gasteiger partial charge is 0.191 e. The number of benzene rings is 1. The Morgan fingerprint density at radius 1 is 1.46 bits per heavy atom. The largest absolute Gasteiger partial charge is 0.380 e. The molecule has 1 saturated heterocycles. The van der Waals surface area contributed by atoms with E-state index in [1.54, 1.807) is 19.2 Å². The molecule has 0 aromatic heterocycles. The number of halogens is 3. The zero-order chi connectivity index (χ0) is 19.6. The third-order valence-electron chi connectivity index (χ3n) is 4.48. The van der Waals surface area contributed by atoms with Gasteiger partial charge in [-0.15, -0.1) is 24.0 Å². The average Bonchev–Trinajstić information content (AvgIpc) is 2.65. The maximum absolute atomic E-state index is 14.6. The molecular formula is C19H31ClFIN4O2. The van der Waals surface area contributed by atoms with E-state index in [9.17, 15) is 4.39 Å². The van der Waals surface area contributed by atoms with Gasteiger partial charge in [0.2, 0.25) is 0 Å². The molecule has 0 radical (unpaired) electrons. The molecule has 2 unspecified atom stereocenters. The standard InChI is InChI=1S/C19H30ClFN4O2.HI/c1-4-26-10-8-23-19(22-3)24-12-17(25-9-11-27-14(2)13-25)18-15(20)6-5-7-16(18)21;/h5-7,14,17H,4,8-13H2,1-3H3,(H2,22,23,24);1H. The maximum atomic E-state index is 14.6. The maximum Gasteiger partial charge on any atom is 0.191 e. The fraction of sp³-hybridized carbons (Fsp3) is 0.632. The number of hydrogen-bond acceptors (Lipinski definition) is 4. The second-order valence-corrected chi connectivity index (χ2v) is 6.81. The van der Waals surface area contributed by atoms with E-state index in [4.69, 9.17) is 21.1 Å². The van der Waals surface area contributed by atoms with Gasteiger partial charge in [-0.2, -0.15) is 0 Å². The van der Waals surface area contributed by atoms with E-state index in [0.29, 0.717) is 56.0 Å². The van der Waals surface area contributed by atoms with Crippen molar-refractivity contribution in [2.45, 2.75) is 26.0 Å². The van der Waals surface area contributed by atoms with Crippen LogP contribution >= 0.6 is 35.6 Å². The zero-order valence-corrected chi connectivity index (χ0v) is 19.8. The number of ether oxygens (including phenoxy) is 2. The summed E-state index contributed by atoms with van der Waals surface area (Å²) in [6, 6.07) is 4.58. The van der Waals surface area contributed by atoms with Crippen molar-refractivity contribution in [1.29, 1.82) is 0 Å². The fourth-order valence-corrected chi connectivity index (χ4v) is 3.46. The van der Waals surface area contributed by atoms with E-state index in [2.05, 4.69) is 20.5 Å². The molecular weight excluding hydrogens is 498 g/mol. The summed E-state index contributed by atoms with van der Waals surface area (Å²) >= 11 is 6.36. The summed E-state index contributed by atoms with van der Waals surface area (Å²) in [5, 5.41) is 6.91. The van der Waals surface area contributed by atoms with E-state index >= 15 is 0 Å². The molecule has 1 fully saturated rings. The van der Waals surface area contributed by atoms with Crippen molar-refractivity contribution in [2.24, 2.45) is 4.99 Å². The average molecular weight is 529 g/mol. The number of hydrogen-bond donors (Lipinski definition) is 2. The van der Waals surface area contributed by atoms with E-state index < -0.39 is 0 Å². The molecule has 160 valence electrons. The molecule has 0 spiro atoms. The van der Waals surface area contributed by atoms with Gasteiger partial charge in [0, 0.05) is 50.4 Å². The highest BCUT2D eigenvalue weighted by atomic mass is 127. The Hall–Kier alpha value is -0.680. The molecule has 0 amide bonds. The van der Waals surface area contributed by atoms with E-state index in [1.807, 2.05) is 13.8 Å². The monoisotopic (exact) mass is 528 g/mol. The van der Waals surface area contributed by atoms with Crippen LogP contribution in [0.3, 0.4) is 0 Å². The van der Waals surface area contributed by atoms with Gasteiger partial charge in [-0.1, -0.05) is 17.7 Å². The minimum absolute atomic E-state index is 0. The number of morpholine rings is 1. The van der Waals surface area contributed by atoms with Crippen LogP contribution in [0.1, 0.15) is 25.5 Å². The highest BCUT2D eigenvalue weighted by Crippen LogP contribution is 2.31. The number of aliphatic imine (C=N–C) groups is 1. The molecule has 2 N–H and O–H groups in total. The summed E-state index contributed by atoms with van der Waals surface area (Å²) in [6.45, 7) is 8.43. The van der Waals surface area contributed by atoms with Crippen molar-refractivity contribution in [1.82, 2.24) is 15.5 Å². The Balaban J connectivity index is 0.00000392. The van der Waals surface area contributed by atoms with Crippen molar-refractivity contribution in [2.75, 3.05) is 53.0 Å². The summed E-state index contributed by atoms with van der Waals surface area (Å²) in [4.78, 5) is 6.43. The highest BCUT2D eigenvalue weighted by molar-refractivity contribution is 14.0. The minimum atomic E-state index is -0.298. The SMILES string of the molecule is CCOCCNC(=NC)NCC(c1c(F)cccc1Cl)N1CCOC(C)C1.I. The van der Waals surface area contributed by atoms with Crippen molar-refractivity contribution >= 4 is 41.5 Å². The van der Waals surface area contributed by atoms with Crippen molar-refractivity contribution < 1.29 is 13.9 Å². The topological polar surface area (TPSA) is 58.1 Å². The second-order valence-electron chi connectivity index (χ2n) is 6.40. The van der Waals surface area contributed by atoms with Crippen LogP contribution in [0.2, 0.25) is 5.02 Å². The van der Waals surface area contributed by atoms with Gasteiger partial charge in [0.25, 0.3) is 0 Å². The molecule has 0 bridgehead atoms. The molecule has 0 saturated carbocycles. The van der Waals surface area contributed by atoms with Gasteiger partial charge in [0.05, 0.1) is 25.4 Å².